The molecule has 4 heteroatoms. The first-order valence-corrected chi connectivity index (χ1v) is 8.10. The van der Waals surface area contributed by atoms with Crippen molar-refractivity contribution < 1.29 is 4.79 Å². The molecule has 0 atom stereocenters. The minimum absolute atomic E-state index is 0.256. The highest BCUT2D eigenvalue weighted by molar-refractivity contribution is 5.81. The number of hydrogen-bond acceptors (Lipinski definition) is 2. The van der Waals surface area contributed by atoms with Crippen molar-refractivity contribution in [1.29, 1.82) is 0 Å². The molecule has 22 heavy (non-hydrogen) atoms. The first-order valence-electron chi connectivity index (χ1n) is 8.10. The second-order valence-electron chi connectivity index (χ2n) is 7.46. The Balaban J connectivity index is 1.71. The molecule has 0 bridgehead atoms. The summed E-state index contributed by atoms with van der Waals surface area (Å²) in [5.41, 5.74) is 3.11. The maximum Gasteiger partial charge on any atom is 0.227 e. The molecule has 4 nitrogen and oxygen atoms in total. The van der Waals surface area contributed by atoms with Crippen molar-refractivity contribution in [2.45, 2.75) is 46.5 Å². The molecular weight excluding hydrogens is 274 g/mol. The van der Waals surface area contributed by atoms with Gasteiger partial charge < -0.3 is 9.88 Å². The van der Waals surface area contributed by atoms with Crippen LogP contribution in [0, 0.1) is 12.3 Å². The molecule has 1 aliphatic heterocycles. The molecule has 2 heterocycles. The van der Waals surface area contributed by atoms with E-state index in [1.54, 1.807) is 0 Å². The van der Waals surface area contributed by atoms with E-state index in [0.29, 0.717) is 5.92 Å². The molecule has 2 aromatic rings. The number of piperidine rings is 1. The van der Waals surface area contributed by atoms with Gasteiger partial charge in [-0.15, -0.1) is 0 Å². The lowest BCUT2D eigenvalue weighted by Crippen LogP contribution is -2.43. The summed E-state index contributed by atoms with van der Waals surface area (Å²) in [5.74, 6) is 1.76. The van der Waals surface area contributed by atoms with Gasteiger partial charge in [-0.25, -0.2) is 4.98 Å². The zero-order valence-corrected chi connectivity index (χ0v) is 13.9. The molecule has 1 saturated heterocycles. The van der Waals surface area contributed by atoms with Crippen molar-refractivity contribution in [3.05, 3.63) is 29.6 Å². The lowest BCUT2D eigenvalue weighted by atomic mass is 9.91. The number of fused-ring (bicyclic) bond motifs is 1. The van der Waals surface area contributed by atoms with Crippen molar-refractivity contribution in [3.8, 4) is 0 Å². The van der Waals surface area contributed by atoms with E-state index in [4.69, 9.17) is 4.98 Å². The number of aromatic nitrogens is 2. The fourth-order valence-electron chi connectivity index (χ4n) is 3.17. The summed E-state index contributed by atoms with van der Waals surface area (Å²) in [6, 6.07) is 6.31. The van der Waals surface area contributed by atoms with Crippen molar-refractivity contribution in [2.75, 3.05) is 13.1 Å². The lowest BCUT2D eigenvalue weighted by molar-refractivity contribution is -0.140. The van der Waals surface area contributed by atoms with Gasteiger partial charge >= 0.3 is 0 Å². The van der Waals surface area contributed by atoms with Crippen LogP contribution in [-0.2, 0) is 4.79 Å². The Morgan fingerprint density at radius 1 is 1.27 bits per heavy atom. The van der Waals surface area contributed by atoms with Crippen LogP contribution in [0.4, 0.5) is 0 Å². The van der Waals surface area contributed by atoms with Crippen molar-refractivity contribution in [2.24, 2.45) is 5.41 Å². The predicted octanol–water partition coefficient (Wildman–Crippen LogP) is 3.62. The van der Waals surface area contributed by atoms with Crippen LogP contribution in [0.3, 0.4) is 0 Å². The number of rotatable bonds is 1. The van der Waals surface area contributed by atoms with E-state index in [0.717, 1.165) is 42.8 Å². The second-order valence-corrected chi connectivity index (χ2v) is 7.46. The summed E-state index contributed by atoms with van der Waals surface area (Å²) in [7, 11) is 0. The smallest absolute Gasteiger partial charge is 0.227 e. The lowest BCUT2D eigenvalue weighted by Gasteiger charge is -2.35. The number of imidazole rings is 1. The third-order valence-corrected chi connectivity index (χ3v) is 4.47. The number of H-pyrrole nitrogens is 1. The molecule has 1 aliphatic rings. The Morgan fingerprint density at radius 3 is 2.59 bits per heavy atom. The van der Waals surface area contributed by atoms with Crippen LogP contribution >= 0.6 is 0 Å². The number of benzene rings is 1. The number of aromatic amines is 1. The second kappa shape index (κ2) is 5.41. The third kappa shape index (κ3) is 2.87. The molecule has 0 aliphatic carbocycles. The highest BCUT2D eigenvalue weighted by Gasteiger charge is 2.31. The van der Waals surface area contributed by atoms with Crippen LogP contribution in [-0.4, -0.2) is 33.9 Å². The van der Waals surface area contributed by atoms with Gasteiger partial charge in [0.2, 0.25) is 5.91 Å². The van der Waals surface area contributed by atoms with E-state index in [1.165, 1.54) is 5.56 Å². The molecule has 1 aromatic heterocycles. The zero-order chi connectivity index (χ0) is 15.9. The summed E-state index contributed by atoms with van der Waals surface area (Å²) in [4.78, 5) is 22.5. The van der Waals surface area contributed by atoms with E-state index >= 15 is 0 Å². The normalized spacial score (nSPS) is 17.2. The molecule has 1 N–H and O–H groups in total. The van der Waals surface area contributed by atoms with Gasteiger partial charge in [-0.05, 0) is 37.5 Å². The van der Waals surface area contributed by atoms with Gasteiger partial charge in [-0.1, -0.05) is 26.8 Å². The van der Waals surface area contributed by atoms with Crippen LogP contribution in [0.15, 0.2) is 18.2 Å². The quantitative estimate of drug-likeness (QED) is 0.874. The molecule has 0 saturated carbocycles. The van der Waals surface area contributed by atoms with E-state index in [2.05, 4.69) is 30.1 Å². The number of aryl methyl sites for hydroxylation is 1. The summed E-state index contributed by atoms with van der Waals surface area (Å²) in [6.07, 6.45) is 1.97. The molecule has 3 rings (SSSR count). The van der Waals surface area contributed by atoms with Crippen molar-refractivity contribution >= 4 is 16.9 Å². The topological polar surface area (TPSA) is 49.0 Å². The maximum absolute atomic E-state index is 12.3. The maximum atomic E-state index is 12.3. The number of amides is 1. The first kappa shape index (κ1) is 15.1. The highest BCUT2D eigenvalue weighted by atomic mass is 16.2. The molecule has 0 radical (unpaired) electrons. The highest BCUT2D eigenvalue weighted by Crippen LogP contribution is 2.30. The molecule has 118 valence electrons. The summed E-state index contributed by atoms with van der Waals surface area (Å²) >= 11 is 0. The van der Waals surface area contributed by atoms with Crippen molar-refractivity contribution in [1.82, 2.24) is 14.9 Å². The monoisotopic (exact) mass is 299 g/mol. The Morgan fingerprint density at radius 2 is 1.95 bits per heavy atom. The SMILES string of the molecule is Cc1ccc2nc(C3CCN(C(=O)C(C)(C)C)CC3)[nH]c2c1. The molecule has 0 unspecified atom stereocenters. The van der Waals surface area contributed by atoms with E-state index in [1.807, 2.05) is 25.7 Å². The van der Waals surface area contributed by atoms with Gasteiger partial charge in [0.15, 0.2) is 0 Å². The van der Waals surface area contributed by atoms with Gasteiger partial charge in [-0.2, -0.15) is 0 Å². The average Bonchev–Trinajstić information content (AvgIpc) is 2.88. The Labute approximate surface area is 131 Å². The Bertz CT molecular complexity index is 688. The van der Waals surface area contributed by atoms with Crippen LogP contribution in [0.2, 0.25) is 0 Å². The van der Waals surface area contributed by atoms with E-state index in [9.17, 15) is 4.79 Å². The van der Waals surface area contributed by atoms with Crippen molar-refractivity contribution in [3.63, 3.8) is 0 Å². The van der Waals surface area contributed by atoms with Gasteiger partial charge in [0.25, 0.3) is 0 Å². The average molecular weight is 299 g/mol. The van der Waals surface area contributed by atoms with Crippen LogP contribution < -0.4 is 0 Å². The van der Waals surface area contributed by atoms with E-state index < -0.39 is 0 Å². The van der Waals surface area contributed by atoms with Gasteiger partial charge in [-0.3, -0.25) is 4.79 Å². The largest absolute Gasteiger partial charge is 0.342 e. The van der Waals surface area contributed by atoms with E-state index in [-0.39, 0.29) is 11.3 Å². The number of carbonyl (C=O) groups is 1. The van der Waals surface area contributed by atoms with Crippen LogP contribution in [0.25, 0.3) is 11.0 Å². The Hall–Kier alpha value is -1.84. The third-order valence-electron chi connectivity index (χ3n) is 4.47. The number of carbonyl (C=O) groups excluding carboxylic acids is 1. The summed E-state index contributed by atoms with van der Waals surface area (Å²) < 4.78 is 0. The molecule has 1 amide bonds. The molecule has 0 spiro atoms. The predicted molar refractivity (Wildman–Crippen MR) is 88.8 cm³/mol. The molecular formula is C18H25N3O. The van der Waals surface area contributed by atoms with Gasteiger partial charge in [0.1, 0.15) is 5.82 Å². The number of likely N-dealkylation sites (tertiary alicyclic amines) is 1. The van der Waals surface area contributed by atoms with Crippen LogP contribution in [0.1, 0.15) is 50.9 Å². The number of hydrogen-bond donors (Lipinski definition) is 1. The summed E-state index contributed by atoms with van der Waals surface area (Å²) in [5, 5.41) is 0. The minimum atomic E-state index is -0.288. The standard InChI is InChI=1S/C18H25N3O/c1-12-5-6-14-15(11-12)20-16(19-14)13-7-9-21(10-8-13)17(22)18(2,3)4/h5-6,11,13H,7-10H2,1-4H3,(H,19,20). The fraction of sp³-hybridized carbons (Fsp3) is 0.556. The zero-order valence-electron chi connectivity index (χ0n) is 13.9. The number of nitrogens with zero attached hydrogens (tertiary/aromatic N) is 2. The van der Waals surface area contributed by atoms with Gasteiger partial charge in [0.05, 0.1) is 11.0 Å². The first-order chi connectivity index (χ1) is 10.3. The Kier molecular flexibility index (Phi) is 3.71. The minimum Gasteiger partial charge on any atom is -0.342 e. The molecule has 1 fully saturated rings. The summed E-state index contributed by atoms with van der Waals surface area (Å²) in [6.45, 7) is 9.72. The molecule has 1 aromatic carbocycles. The van der Waals surface area contributed by atoms with Gasteiger partial charge in [0, 0.05) is 24.4 Å². The van der Waals surface area contributed by atoms with Crippen LogP contribution in [0.5, 0.6) is 0 Å². The fourth-order valence-corrected chi connectivity index (χ4v) is 3.17. The number of nitrogens with one attached hydrogen (secondary N) is 1.